The number of allylic oxidation sites excluding steroid dienone is 1. The molecule has 1 unspecified atom stereocenters. The van der Waals surface area contributed by atoms with E-state index in [1.165, 1.54) is 5.56 Å². The first-order valence-electron chi connectivity index (χ1n) is 14.8. The monoisotopic (exact) mass is 550 g/mol. The van der Waals surface area contributed by atoms with Gasteiger partial charge in [-0.3, -0.25) is 0 Å². The summed E-state index contributed by atoms with van der Waals surface area (Å²) < 4.78 is 44.6. The van der Waals surface area contributed by atoms with Gasteiger partial charge in [-0.05, 0) is 80.2 Å². The summed E-state index contributed by atoms with van der Waals surface area (Å²) in [7, 11) is 0. The first-order valence-corrected chi connectivity index (χ1v) is 14.8. The molecular weight excluding hydrogens is 511 g/mol. The number of ether oxygens (including phenoxy) is 4. The van der Waals surface area contributed by atoms with Crippen molar-refractivity contribution in [1.82, 2.24) is 9.78 Å². The second-order valence-corrected chi connectivity index (χ2v) is 13.8. The number of fused-ring (bicyclic) bond motifs is 8. The number of aryl methyl sites for hydroxylation is 1. The third kappa shape index (κ3) is 2.76. The molecule has 3 saturated carbocycles. The topological polar surface area (TPSA) is 75.0 Å². The Balaban J connectivity index is 1.20. The molecule has 9 atom stereocenters. The van der Waals surface area contributed by atoms with Gasteiger partial charge in [0.15, 0.2) is 13.6 Å². The number of aromatic nitrogens is 2. The minimum atomic E-state index is -1.77. The van der Waals surface area contributed by atoms with Crippen molar-refractivity contribution in [3.8, 4) is 5.69 Å². The van der Waals surface area contributed by atoms with E-state index in [2.05, 4.69) is 45.0 Å². The summed E-state index contributed by atoms with van der Waals surface area (Å²) in [6, 6.07) is 8.29. The largest absolute Gasteiger partial charge is 0.390 e. The van der Waals surface area contributed by atoms with Crippen molar-refractivity contribution < 1.29 is 28.4 Å². The molecule has 2 aromatic rings. The van der Waals surface area contributed by atoms with Gasteiger partial charge < -0.3 is 24.1 Å². The SMILES string of the molecule is Cc1cccc(-n2ncc3c2C=C2CC[C@H]4[C@@H]5C[C@H](C)[C@@]6(OCOC67COCO7)[C@@]5(C)C[C@H](O)[C@]4(F)[C@@]2(C)C3)c1. The van der Waals surface area contributed by atoms with Crippen LogP contribution in [0.4, 0.5) is 4.39 Å². The highest BCUT2D eigenvalue weighted by Gasteiger charge is 2.81. The van der Waals surface area contributed by atoms with Gasteiger partial charge in [-0.15, -0.1) is 0 Å². The van der Waals surface area contributed by atoms with Gasteiger partial charge in [-0.25, -0.2) is 9.07 Å². The Hall–Kier alpha value is -2.10. The summed E-state index contributed by atoms with van der Waals surface area (Å²) in [5, 5.41) is 16.7. The highest BCUT2D eigenvalue weighted by Crippen LogP contribution is 2.74. The molecule has 5 fully saturated rings. The summed E-state index contributed by atoms with van der Waals surface area (Å²) >= 11 is 0. The Morgan fingerprint density at radius 3 is 2.73 bits per heavy atom. The molecule has 4 aliphatic carbocycles. The fourth-order valence-corrected chi connectivity index (χ4v) is 10.5. The Morgan fingerprint density at radius 2 is 1.95 bits per heavy atom. The van der Waals surface area contributed by atoms with Crippen LogP contribution in [0.25, 0.3) is 11.8 Å². The van der Waals surface area contributed by atoms with Crippen molar-refractivity contribution in [1.29, 1.82) is 0 Å². The molecule has 2 aliphatic heterocycles. The lowest BCUT2D eigenvalue weighted by molar-refractivity contribution is -0.279. The van der Waals surface area contributed by atoms with Crippen LogP contribution in [-0.2, 0) is 25.4 Å². The Kier molecular flexibility index (Phi) is 5.15. The van der Waals surface area contributed by atoms with Crippen molar-refractivity contribution in [2.24, 2.45) is 28.6 Å². The van der Waals surface area contributed by atoms with Crippen LogP contribution in [0.5, 0.6) is 0 Å². The van der Waals surface area contributed by atoms with Crippen LogP contribution in [0.3, 0.4) is 0 Å². The number of hydrogen-bond acceptors (Lipinski definition) is 6. The maximum absolute atomic E-state index is 18.1. The molecule has 8 rings (SSSR count). The van der Waals surface area contributed by atoms with E-state index >= 15 is 4.39 Å². The highest BCUT2D eigenvalue weighted by molar-refractivity contribution is 5.62. The fourth-order valence-electron chi connectivity index (χ4n) is 10.5. The minimum Gasteiger partial charge on any atom is -0.390 e. The lowest BCUT2D eigenvalue weighted by Gasteiger charge is -2.64. The Morgan fingerprint density at radius 1 is 1.12 bits per heavy atom. The first-order chi connectivity index (χ1) is 19.1. The molecule has 2 saturated heterocycles. The van der Waals surface area contributed by atoms with Crippen molar-refractivity contribution in [3.05, 3.63) is 52.9 Å². The van der Waals surface area contributed by atoms with Gasteiger partial charge in [-0.1, -0.05) is 38.5 Å². The third-order valence-electron chi connectivity index (χ3n) is 12.2. The molecule has 0 amide bonds. The number of aliphatic hydroxyl groups is 1. The smallest absolute Gasteiger partial charge is 0.227 e. The third-order valence-corrected chi connectivity index (χ3v) is 12.2. The van der Waals surface area contributed by atoms with Gasteiger partial charge in [0.1, 0.15) is 17.9 Å². The highest BCUT2D eigenvalue weighted by atomic mass is 19.1. The molecule has 214 valence electrons. The van der Waals surface area contributed by atoms with Gasteiger partial charge in [0.25, 0.3) is 0 Å². The Bertz CT molecular complexity index is 1410. The molecule has 6 aliphatic rings. The van der Waals surface area contributed by atoms with Crippen LogP contribution in [0.1, 0.15) is 63.3 Å². The van der Waals surface area contributed by atoms with Crippen LogP contribution >= 0.6 is 0 Å². The van der Waals surface area contributed by atoms with Crippen LogP contribution in [-0.4, -0.2) is 58.2 Å². The second kappa shape index (κ2) is 8.04. The van der Waals surface area contributed by atoms with E-state index in [1.807, 2.05) is 23.9 Å². The molecule has 1 aromatic heterocycles. The number of nitrogens with zero attached hydrogens (tertiary/aromatic N) is 2. The normalized spacial score (nSPS) is 47.2. The van der Waals surface area contributed by atoms with Crippen LogP contribution in [0.2, 0.25) is 0 Å². The molecule has 1 aromatic carbocycles. The standard InChI is InChI=1S/C32H39FN2O5/c1-19-6-5-7-23(10-19)35-26-12-22-8-9-24-25-11-20(2)32(30(39-18-40-32)16-37-17-38-30)29(25,4)14-27(36)31(24,33)28(22,3)13-21(26)15-34-35/h5-7,10,12,15,20,24-25,27,36H,8-9,11,13-14,16-18H2,1-4H3/t20-,24-,25-,27-,28-,29-,30?,31-,32+/m0/s1. The lowest BCUT2D eigenvalue weighted by Crippen LogP contribution is -2.72. The Labute approximate surface area is 234 Å². The van der Waals surface area contributed by atoms with Crippen molar-refractivity contribution in [3.63, 3.8) is 0 Å². The average Bonchev–Trinajstić information content (AvgIpc) is 3.69. The minimum absolute atomic E-state index is 0.0217. The summed E-state index contributed by atoms with van der Waals surface area (Å²) in [6.45, 7) is 9.04. The van der Waals surface area contributed by atoms with Gasteiger partial charge in [0.05, 0.1) is 23.7 Å². The molecule has 8 heteroatoms. The predicted octanol–water partition coefficient (Wildman–Crippen LogP) is 5.12. The lowest BCUT2D eigenvalue weighted by atomic mass is 9.43. The zero-order valence-electron chi connectivity index (χ0n) is 23.8. The zero-order valence-corrected chi connectivity index (χ0v) is 23.8. The maximum atomic E-state index is 18.1. The summed E-state index contributed by atoms with van der Waals surface area (Å²) in [5.74, 6) is -1.23. The molecule has 2 spiro atoms. The first kappa shape index (κ1) is 25.6. The molecule has 0 radical (unpaired) electrons. The number of rotatable bonds is 1. The van der Waals surface area contributed by atoms with Crippen LogP contribution in [0.15, 0.2) is 36.0 Å². The second-order valence-electron chi connectivity index (χ2n) is 13.8. The number of aliphatic hydroxyl groups excluding tert-OH is 1. The van der Waals surface area contributed by atoms with E-state index in [-0.39, 0.29) is 31.3 Å². The molecule has 40 heavy (non-hydrogen) atoms. The number of alkyl halides is 1. The summed E-state index contributed by atoms with van der Waals surface area (Å²) in [5.41, 5.74) is 1.42. The molecule has 0 bridgehead atoms. The van der Waals surface area contributed by atoms with Crippen molar-refractivity contribution in [2.75, 3.05) is 20.2 Å². The van der Waals surface area contributed by atoms with Crippen molar-refractivity contribution in [2.45, 2.75) is 83.0 Å². The van der Waals surface area contributed by atoms with Crippen LogP contribution in [0, 0.1) is 35.5 Å². The van der Waals surface area contributed by atoms with Crippen molar-refractivity contribution >= 4 is 6.08 Å². The molecule has 7 nitrogen and oxygen atoms in total. The molecule has 3 heterocycles. The summed E-state index contributed by atoms with van der Waals surface area (Å²) in [4.78, 5) is 0. The van der Waals surface area contributed by atoms with Gasteiger partial charge >= 0.3 is 0 Å². The van der Waals surface area contributed by atoms with E-state index in [1.54, 1.807) is 0 Å². The van der Waals surface area contributed by atoms with Gasteiger partial charge in [0, 0.05) is 16.7 Å². The average molecular weight is 551 g/mol. The van der Waals surface area contributed by atoms with Gasteiger partial charge in [-0.2, -0.15) is 5.10 Å². The number of benzene rings is 1. The predicted molar refractivity (Wildman–Crippen MR) is 145 cm³/mol. The fraction of sp³-hybridized carbons (Fsp3) is 0.656. The number of halogens is 1. The van der Waals surface area contributed by atoms with Crippen LogP contribution < -0.4 is 0 Å². The van der Waals surface area contributed by atoms with E-state index in [0.717, 1.165) is 35.4 Å². The number of hydrogen-bond donors (Lipinski definition) is 1. The molecular formula is C32H39FN2O5. The van der Waals surface area contributed by atoms with E-state index in [9.17, 15) is 5.11 Å². The van der Waals surface area contributed by atoms with Gasteiger partial charge in [0.2, 0.25) is 5.79 Å². The summed E-state index contributed by atoms with van der Waals surface area (Å²) in [6.07, 6.45) is 6.02. The zero-order chi connectivity index (χ0) is 27.7. The van der Waals surface area contributed by atoms with E-state index in [0.29, 0.717) is 25.9 Å². The quantitative estimate of drug-likeness (QED) is 0.532. The molecule has 1 N–H and O–H groups in total. The maximum Gasteiger partial charge on any atom is 0.227 e. The van der Waals surface area contributed by atoms with E-state index in [4.69, 9.17) is 24.0 Å². The van der Waals surface area contributed by atoms with E-state index < -0.39 is 34.0 Å².